The van der Waals surface area contributed by atoms with Crippen LogP contribution in [-0.2, 0) is 0 Å². The van der Waals surface area contributed by atoms with E-state index >= 15 is 0 Å². The van der Waals surface area contributed by atoms with Gasteiger partial charge >= 0.3 is 6.01 Å². The zero-order valence-corrected chi connectivity index (χ0v) is 10.3. The van der Waals surface area contributed by atoms with Crippen LogP contribution in [0.25, 0.3) is 5.69 Å². The molecule has 0 aliphatic rings. The predicted octanol–water partition coefficient (Wildman–Crippen LogP) is 2.01. The Labute approximate surface area is 101 Å². The molecular weight excluding hydrogens is 272 g/mol. The van der Waals surface area contributed by atoms with Crippen LogP contribution in [-0.4, -0.2) is 21.4 Å². The largest absolute Gasteiger partial charge is 0.463 e. The Hall–Kier alpha value is -1.56. The number of rotatable bonds is 3. The van der Waals surface area contributed by atoms with E-state index in [-0.39, 0.29) is 0 Å². The summed E-state index contributed by atoms with van der Waals surface area (Å²) in [7, 11) is 0. The number of nitrogens with two attached hydrogens (primary N) is 1. The summed E-state index contributed by atoms with van der Waals surface area (Å²) in [6.45, 7) is 2.39. The van der Waals surface area contributed by atoms with Gasteiger partial charge in [-0.05, 0) is 25.1 Å². The van der Waals surface area contributed by atoms with Crippen molar-refractivity contribution in [2.45, 2.75) is 6.92 Å². The van der Waals surface area contributed by atoms with Gasteiger partial charge in [0, 0.05) is 4.47 Å². The van der Waals surface area contributed by atoms with Crippen LogP contribution in [0.2, 0.25) is 0 Å². The van der Waals surface area contributed by atoms with E-state index in [2.05, 4.69) is 26.0 Å². The molecule has 0 amide bonds. The minimum absolute atomic E-state index is 0.292. The highest BCUT2D eigenvalue weighted by molar-refractivity contribution is 9.10. The van der Waals surface area contributed by atoms with Gasteiger partial charge in [0.25, 0.3) is 0 Å². The van der Waals surface area contributed by atoms with Crippen LogP contribution in [0.3, 0.4) is 0 Å². The third-order valence-corrected chi connectivity index (χ3v) is 2.43. The van der Waals surface area contributed by atoms with E-state index in [4.69, 9.17) is 10.5 Å². The third-order valence-electron chi connectivity index (χ3n) is 1.94. The summed E-state index contributed by atoms with van der Waals surface area (Å²) >= 11 is 3.39. The van der Waals surface area contributed by atoms with Crippen molar-refractivity contribution in [1.29, 1.82) is 0 Å². The molecule has 5 nitrogen and oxygen atoms in total. The number of nitrogen functional groups attached to an aromatic ring is 1. The summed E-state index contributed by atoms with van der Waals surface area (Å²) in [5, 5.41) is 4.15. The van der Waals surface area contributed by atoms with E-state index in [1.54, 1.807) is 0 Å². The van der Waals surface area contributed by atoms with E-state index in [0.29, 0.717) is 18.6 Å². The topological polar surface area (TPSA) is 66.0 Å². The van der Waals surface area contributed by atoms with Crippen molar-refractivity contribution in [2.75, 3.05) is 12.3 Å². The van der Waals surface area contributed by atoms with Gasteiger partial charge in [0.2, 0.25) is 5.95 Å². The lowest BCUT2D eigenvalue weighted by molar-refractivity contribution is 0.312. The SMILES string of the molecule is CCOc1nc(N)n(-c2cccc(Br)c2)n1. The minimum atomic E-state index is 0.292. The van der Waals surface area contributed by atoms with Gasteiger partial charge in [0.05, 0.1) is 12.3 Å². The van der Waals surface area contributed by atoms with Crippen molar-refractivity contribution in [3.05, 3.63) is 28.7 Å². The minimum Gasteiger partial charge on any atom is -0.463 e. The molecule has 0 spiro atoms. The molecule has 0 fully saturated rings. The highest BCUT2D eigenvalue weighted by Gasteiger charge is 2.09. The zero-order valence-electron chi connectivity index (χ0n) is 8.72. The lowest BCUT2D eigenvalue weighted by Gasteiger charge is -2.01. The summed E-state index contributed by atoms with van der Waals surface area (Å²) in [6.07, 6.45) is 0. The van der Waals surface area contributed by atoms with Crippen molar-refractivity contribution >= 4 is 21.9 Å². The van der Waals surface area contributed by atoms with Crippen molar-refractivity contribution in [2.24, 2.45) is 0 Å². The molecule has 0 unspecified atom stereocenters. The Kier molecular flexibility index (Phi) is 3.09. The molecule has 6 heteroatoms. The van der Waals surface area contributed by atoms with Crippen LogP contribution < -0.4 is 10.5 Å². The molecule has 84 valence electrons. The Balaban J connectivity index is 2.40. The molecule has 0 saturated carbocycles. The smallest absolute Gasteiger partial charge is 0.337 e. The molecule has 0 bridgehead atoms. The van der Waals surface area contributed by atoms with Crippen molar-refractivity contribution < 1.29 is 4.74 Å². The summed E-state index contributed by atoms with van der Waals surface area (Å²) < 4.78 is 7.68. The van der Waals surface area contributed by atoms with E-state index in [1.165, 1.54) is 4.68 Å². The number of nitrogens with zero attached hydrogens (tertiary/aromatic N) is 3. The normalized spacial score (nSPS) is 10.4. The molecule has 0 saturated heterocycles. The molecular formula is C10H11BrN4O. The number of benzene rings is 1. The second kappa shape index (κ2) is 4.52. The number of ether oxygens (including phenoxy) is 1. The highest BCUT2D eigenvalue weighted by atomic mass is 79.9. The van der Waals surface area contributed by atoms with E-state index < -0.39 is 0 Å². The van der Waals surface area contributed by atoms with Crippen LogP contribution >= 0.6 is 15.9 Å². The first-order chi connectivity index (χ1) is 7.70. The molecule has 1 heterocycles. The van der Waals surface area contributed by atoms with Gasteiger partial charge in [-0.25, -0.2) is 0 Å². The summed E-state index contributed by atoms with van der Waals surface area (Å²) in [5.74, 6) is 0.307. The molecule has 2 N–H and O–H groups in total. The number of hydrogen-bond donors (Lipinski definition) is 1. The first kappa shape index (κ1) is 10.9. The average Bonchev–Trinajstić information content (AvgIpc) is 2.60. The Morgan fingerprint density at radius 1 is 1.50 bits per heavy atom. The maximum atomic E-state index is 5.75. The molecule has 0 radical (unpaired) electrons. The Morgan fingerprint density at radius 2 is 2.31 bits per heavy atom. The van der Waals surface area contributed by atoms with Gasteiger partial charge in [-0.2, -0.15) is 9.67 Å². The zero-order chi connectivity index (χ0) is 11.5. The third kappa shape index (κ3) is 2.16. The number of halogens is 1. The first-order valence-corrected chi connectivity index (χ1v) is 5.61. The second-order valence-electron chi connectivity index (χ2n) is 3.08. The molecule has 0 aliphatic heterocycles. The molecule has 0 aliphatic carbocycles. The number of hydrogen-bond acceptors (Lipinski definition) is 4. The fraction of sp³-hybridized carbons (Fsp3) is 0.200. The predicted molar refractivity (Wildman–Crippen MR) is 64.6 cm³/mol. The maximum absolute atomic E-state index is 5.75. The van der Waals surface area contributed by atoms with Gasteiger partial charge < -0.3 is 10.5 Å². The molecule has 2 aromatic rings. The van der Waals surface area contributed by atoms with E-state index in [9.17, 15) is 0 Å². The van der Waals surface area contributed by atoms with Crippen LogP contribution in [0.1, 0.15) is 6.92 Å². The average molecular weight is 283 g/mol. The fourth-order valence-electron chi connectivity index (χ4n) is 1.29. The van der Waals surface area contributed by atoms with E-state index in [0.717, 1.165) is 10.2 Å². The highest BCUT2D eigenvalue weighted by Crippen LogP contribution is 2.18. The fourth-order valence-corrected chi connectivity index (χ4v) is 1.68. The van der Waals surface area contributed by atoms with Crippen LogP contribution in [0, 0.1) is 0 Å². The summed E-state index contributed by atoms with van der Waals surface area (Å²) in [5.41, 5.74) is 6.59. The van der Waals surface area contributed by atoms with Crippen LogP contribution in [0.5, 0.6) is 6.01 Å². The van der Waals surface area contributed by atoms with Gasteiger partial charge in [0.1, 0.15) is 0 Å². The van der Waals surface area contributed by atoms with Crippen LogP contribution in [0.4, 0.5) is 5.95 Å². The standard InChI is InChI=1S/C10H11BrN4O/c1-2-16-10-13-9(12)15(14-10)8-5-3-4-7(11)6-8/h3-6H,2H2,1H3,(H2,12,13,14). The molecule has 0 atom stereocenters. The van der Waals surface area contributed by atoms with Crippen molar-refractivity contribution in [3.63, 3.8) is 0 Å². The van der Waals surface area contributed by atoms with E-state index in [1.807, 2.05) is 31.2 Å². The molecule has 1 aromatic carbocycles. The van der Waals surface area contributed by atoms with Gasteiger partial charge in [-0.15, -0.1) is 5.10 Å². The van der Waals surface area contributed by atoms with Gasteiger partial charge in [-0.3, -0.25) is 0 Å². The monoisotopic (exact) mass is 282 g/mol. The number of aromatic nitrogens is 3. The summed E-state index contributed by atoms with van der Waals surface area (Å²) in [6, 6.07) is 7.92. The van der Waals surface area contributed by atoms with Gasteiger partial charge in [0.15, 0.2) is 0 Å². The molecule has 2 rings (SSSR count). The summed E-state index contributed by atoms with van der Waals surface area (Å²) in [4.78, 5) is 4.00. The first-order valence-electron chi connectivity index (χ1n) is 4.82. The Bertz CT molecular complexity index is 497. The van der Waals surface area contributed by atoms with Crippen LogP contribution in [0.15, 0.2) is 28.7 Å². The maximum Gasteiger partial charge on any atom is 0.337 e. The lowest BCUT2D eigenvalue weighted by Crippen LogP contribution is -2.02. The van der Waals surface area contributed by atoms with Crippen molar-refractivity contribution in [3.8, 4) is 11.7 Å². The molecule has 16 heavy (non-hydrogen) atoms. The second-order valence-corrected chi connectivity index (χ2v) is 3.99. The molecule has 1 aromatic heterocycles. The quantitative estimate of drug-likeness (QED) is 0.935. The van der Waals surface area contributed by atoms with Crippen molar-refractivity contribution in [1.82, 2.24) is 14.8 Å². The number of anilines is 1. The lowest BCUT2D eigenvalue weighted by atomic mass is 10.3. The van der Waals surface area contributed by atoms with Gasteiger partial charge in [-0.1, -0.05) is 22.0 Å². The Morgan fingerprint density at radius 3 is 3.00 bits per heavy atom.